The number of halogens is 2. The molecule has 21 heavy (non-hydrogen) atoms. The zero-order valence-corrected chi connectivity index (χ0v) is 11.1. The minimum absolute atomic E-state index is 0.0389. The van der Waals surface area contributed by atoms with Crippen molar-refractivity contribution in [2.75, 3.05) is 0 Å². The van der Waals surface area contributed by atoms with Crippen molar-refractivity contribution < 1.29 is 23.4 Å². The van der Waals surface area contributed by atoms with Crippen LogP contribution < -0.4 is 4.74 Å². The van der Waals surface area contributed by atoms with Gasteiger partial charge >= 0.3 is 5.97 Å². The van der Waals surface area contributed by atoms with Crippen molar-refractivity contribution in [2.24, 2.45) is 0 Å². The van der Waals surface area contributed by atoms with Gasteiger partial charge in [0.25, 0.3) is 0 Å². The van der Waals surface area contributed by atoms with Crippen LogP contribution in [0.25, 0.3) is 6.08 Å². The third kappa shape index (κ3) is 3.45. The van der Waals surface area contributed by atoms with E-state index in [-0.39, 0.29) is 17.1 Å². The van der Waals surface area contributed by atoms with Crippen LogP contribution in [0.4, 0.5) is 8.78 Å². The van der Waals surface area contributed by atoms with E-state index in [4.69, 9.17) is 9.84 Å². The van der Waals surface area contributed by atoms with Crippen molar-refractivity contribution in [1.82, 2.24) is 0 Å². The third-order valence-corrected chi connectivity index (χ3v) is 2.78. The Morgan fingerprint density at radius 3 is 2.52 bits per heavy atom. The highest BCUT2D eigenvalue weighted by molar-refractivity contribution is 5.86. The predicted molar refractivity (Wildman–Crippen MR) is 74.3 cm³/mol. The van der Waals surface area contributed by atoms with Crippen LogP contribution in [0.5, 0.6) is 11.5 Å². The molecule has 0 fully saturated rings. The van der Waals surface area contributed by atoms with E-state index in [1.807, 2.05) is 0 Å². The highest BCUT2D eigenvalue weighted by Gasteiger charge is 2.12. The van der Waals surface area contributed by atoms with Gasteiger partial charge in [0, 0.05) is 6.08 Å². The van der Waals surface area contributed by atoms with E-state index in [1.165, 1.54) is 24.3 Å². The molecule has 1 N–H and O–H groups in total. The van der Waals surface area contributed by atoms with Crippen LogP contribution in [0.1, 0.15) is 11.1 Å². The Bertz CT molecular complexity index is 709. The molecule has 0 aliphatic rings. The van der Waals surface area contributed by atoms with Gasteiger partial charge in [-0.3, -0.25) is 0 Å². The second kappa shape index (κ2) is 6.17. The molecule has 0 unspecified atom stereocenters. The molecule has 0 spiro atoms. The van der Waals surface area contributed by atoms with Gasteiger partial charge in [-0.2, -0.15) is 0 Å². The van der Waals surface area contributed by atoms with Crippen LogP contribution in [0.3, 0.4) is 0 Å². The number of rotatable bonds is 4. The standard InChI is InChI=1S/C16H12F2O3/c1-10-4-2-7-14(16(10)18)21-13-6-3-5-12(17)11(13)8-9-15(19)20/h2-9H,1H3,(H,19,20)/b9-8+. The summed E-state index contributed by atoms with van der Waals surface area (Å²) < 4.78 is 33.0. The monoisotopic (exact) mass is 290 g/mol. The summed E-state index contributed by atoms with van der Waals surface area (Å²) in [6.07, 6.45) is 1.86. The van der Waals surface area contributed by atoms with Gasteiger partial charge in [-0.1, -0.05) is 18.2 Å². The summed E-state index contributed by atoms with van der Waals surface area (Å²) in [5.41, 5.74) is 0.340. The molecule has 0 atom stereocenters. The summed E-state index contributed by atoms with van der Waals surface area (Å²) in [5.74, 6) is -2.43. The highest BCUT2D eigenvalue weighted by atomic mass is 19.1. The van der Waals surface area contributed by atoms with E-state index < -0.39 is 17.6 Å². The molecule has 3 nitrogen and oxygen atoms in total. The SMILES string of the molecule is Cc1cccc(Oc2cccc(F)c2/C=C/C(=O)O)c1F. The number of benzene rings is 2. The molecule has 108 valence electrons. The molecule has 0 saturated heterocycles. The average molecular weight is 290 g/mol. The second-order valence-corrected chi connectivity index (χ2v) is 4.31. The van der Waals surface area contributed by atoms with Gasteiger partial charge in [-0.15, -0.1) is 0 Å². The van der Waals surface area contributed by atoms with Gasteiger partial charge in [-0.05, 0) is 36.8 Å². The maximum Gasteiger partial charge on any atom is 0.328 e. The normalized spacial score (nSPS) is 10.8. The third-order valence-electron chi connectivity index (χ3n) is 2.78. The number of carboxylic acids is 1. The number of aryl methyl sites for hydroxylation is 1. The van der Waals surface area contributed by atoms with Gasteiger partial charge < -0.3 is 9.84 Å². The van der Waals surface area contributed by atoms with Crippen LogP contribution in [0.2, 0.25) is 0 Å². The summed E-state index contributed by atoms with van der Waals surface area (Å²) in [6, 6.07) is 8.61. The van der Waals surface area contributed by atoms with E-state index in [1.54, 1.807) is 19.1 Å². The Hall–Kier alpha value is -2.69. The van der Waals surface area contributed by atoms with Crippen LogP contribution in [0.15, 0.2) is 42.5 Å². The van der Waals surface area contributed by atoms with E-state index in [0.717, 1.165) is 12.2 Å². The van der Waals surface area contributed by atoms with Crippen LogP contribution in [-0.4, -0.2) is 11.1 Å². The quantitative estimate of drug-likeness (QED) is 0.860. The Morgan fingerprint density at radius 1 is 1.14 bits per heavy atom. The number of hydrogen-bond donors (Lipinski definition) is 1. The molecule has 2 aromatic carbocycles. The number of aliphatic carboxylic acids is 1. The van der Waals surface area contributed by atoms with Crippen molar-refractivity contribution in [3.63, 3.8) is 0 Å². The Kier molecular flexibility index (Phi) is 4.33. The lowest BCUT2D eigenvalue weighted by atomic mass is 10.1. The maximum atomic E-state index is 13.9. The number of hydrogen-bond acceptors (Lipinski definition) is 2. The number of ether oxygens (including phenoxy) is 1. The zero-order valence-electron chi connectivity index (χ0n) is 11.1. The van der Waals surface area contributed by atoms with Gasteiger partial charge in [0.15, 0.2) is 11.6 Å². The first-order chi connectivity index (χ1) is 9.99. The largest absolute Gasteiger partial charge is 0.478 e. The van der Waals surface area contributed by atoms with Crippen LogP contribution >= 0.6 is 0 Å². The maximum absolute atomic E-state index is 13.9. The predicted octanol–water partition coefficient (Wildman–Crippen LogP) is 4.16. The van der Waals surface area contributed by atoms with Crippen molar-refractivity contribution in [3.05, 3.63) is 65.2 Å². The summed E-state index contributed by atoms with van der Waals surface area (Å²) in [6.45, 7) is 1.58. The fourth-order valence-corrected chi connectivity index (χ4v) is 1.74. The van der Waals surface area contributed by atoms with Crippen molar-refractivity contribution in [2.45, 2.75) is 6.92 Å². The molecule has 0 saturated carbocycles. The Morgan fingerprint density at radius 2 is 1.81 bits per heavy atom. The lowest BCUT2D eigenvalue weighted by molar-refractivity contribution is -0.131. The van der Waals surface area contributed by atoms with Gasteiger partial charge in [-0.25, -0.2) is 13.6 Å². The molecule has 0 aliphatic heterocycles. The van der Waals surface area contributed by atoms with E-state index in [9.17, 15) is 13.6 Å². The summed E-state index contributed by atoms with van der Waals surface area (Å²) in [4.78, 5) is 10.5. The topological polar surface area (TPSA) is 46.5 Å². The van der Waals surface area contributed by atoms with Gasteiger partial charge in [0.2, 0.25) is 0 Å². The molecular weight excluding hydrogens is 278 g/mol. The summed E-state index contributed by atoms with van der Waals surface area (Å²) >= 11 is 0. The van der Waals surface area contributed by atoms with Crippen molar-refractivity contribution >= 4 is 12.0 Å². The second-order valence-electron chi connectivity index (χ2n) is 4.31. The van der Waals surface area contributed by atoms with Gasteiger partial charge in [0.05, 0.1) is 5.56 Å². The lowest BCUT2D eigenvalue weighted by Crippen LogP contribution is -1.95. The number of carboxylic acid groups (broad SMARTS) is 1. The number of carbonyl (C=O) groups is 1. The van der Waals surface area contributed by atoms with Crippen molar-refractivity contribution in [3.8, 4) is 11.5 Å². The molecule has 0 bridgehead atoms. The zero-order chi connectivity index (χ0) is 15.4. The average Bonchev–Trinajstić information content (AvgIpc) is 2.43. The Labute approximate surface area is 120 Å². The minimum atomic E-state index is -1.22. The smallest absolute Gasteiger partial charge is 0.328 e. The fourth-order valence-electron chi connectivity index (χ4n) is 1.74. The van der Waals surface area contributed by atoms with Gasteiger partial charge in [0.1, 0.15) is 11.6 Å². The minimum Gasteiger partial charge on any atom is -0.478 e. The van der Waals surface area contributed by atoms with Crippen molar-refractivity contribution in [1.29, 1.82) is 0 Å². The first-order valence-electron chi connectivity index (χ1n) is 6.11. The molecule has 0 aliphatic carbocycles. The lowest BCUT2D eigenvalue weighted by Gasteiger charge is -2.11. The molecule has 0 radical (unpaired) electrons. The van der Waals surface area contributed by atoms with Crippen LogP contribution in [0, 0.1) is 18.6 Å². The Balaban J connectivity index is 2.42. The first-order valence-corrected chi connectivity index (χ1v) is 6.11. The highest BCUT2D eigenvalue weighted by Crippen LogP contribution is 2.30. The van der Waals surface area contributed by atoms with E-state index in [0.29, 0.717) is 5.56 Å². The molecule has 5 heteroatoms. The van der Waals surface area contributed by atoms with Crippen LogP contribution in [-0.2, 0) is 4.79 Å². The molecule has 0 aromatic heterocycles. The summed E-state index contributed by atoms with van der Waals surface area (Å²) in [7, 11) is 0. The van der Waals surface area contributed by atoms with E-state index >= 15 is 0 Å². The molecule has 2 aromatic rings. The molecule has 0 heterocycles. The summed E-state index contributed by atoms with van der Waals surface area (Å²) in [5, 5.41) is 8.62. The van der Waals surface area contributed by atoms with E-state index in [2.05, 4.69) is 0 Å². The first kappa shape index (κ1) is 14.7. The molecule has 2 rings (SSSR count). The fraction of sp³-hybridized carbons (Fsp3) is 0.0625. The molecular formula is C16H12F2O3. The molecule has 0 amide bonds.